The third kappa shape index (κ3) is 4.26. The van der Waals surface area contributed by atoms with Crippen molar-refractivity contribution in [1.29, 1.82) is 5.26 Å². The molecule has 0 unspecified atom stereocenters. The lowest BCUT2D eigenvalue weighted by Crippen LogP contribution is -2.44. The van der Waals surface area contributed by atoms with Gasteiger partial charge in [-0.15, -0.1) is 0 Å². The van der Waals surface area contributed by atoms with Crippen LogP contribution in [0, 0.1) is 22.6 Å². The van der Waals surface area contributed by atoms with E-state index in [1.807, 2.05) is 0 Å². The van der Waals surface area contributed by atoms with E-state index in [1.165, 1.54) is 18.2 Å². The quantitative estimate of drug-likeness (QED) is 0.896. The minimum absolute atomic E-state index is 0.308. The Morgan fingerprint density at radius 2 is 1.95 bits per heavy atom. The first-order valence-electron chi connectivity index (χ1n) is 7.45. The van der Waals surface area contributed by atoms with Crippen LogP contribution in [0.15, 0.2) is 18.2 Å². The molecule has 0 bridgehead atoms. The highest BCUT2D eigenvalue weighted by Gasteiger charge is 2.36. The van der Waals surface area contributed by atoms with Crippen LogP contribution < -0.4 is 5.32 Å². The van der Waals surface area contributed by atoms with Crippen LogP contribution in [0.3, 0.4) is 0 Å². The number of nitrogens with zero attached hydrogens (tertiary/aromatic N) is 1. The maximum absolute atomic E-state index is 13.2. The highest BCUT2D eigenvalue weighted by atomic mass is 19.1. The van der Waals surface area contributed by atoms with Gasteiger partial charge in [-0.1, -0.05) is 13.8 Å². The average molecular weight is 290 g/mol. The molecule has 4 heteroatoms. The second-order valence-corrected chi connectivity index (χ2v) is 6.91. The normalized spacial score (nSPS) is 20.0. The van der Waals surface area contributed by atoms with Crippen LogP contribution in [0.5, 0.6) is 0 Å². The number of nitriles is 1. The van der Waals surface area contributed by atoms with Crippen LogP contribution in [0.2, 0.25) is 0 Å². The maximum Gasteiger partial charge on any atom is 0.123 e. The van der Waals surface area contributed by atoms with Crippen molar-refractivity contribution in [3.63, 3.8) is 0 Å². The number of rotatable bonds is 4. The van der Waals surface area contributed by atoms with Crippen LogP contribution >= 0.6 is 0 Å². The molecular formula is C17H23FN2O. The van der Waals surface area contributed by atoms with Gasteiger partial charge in [0.05, 0.1) is 17.2 Å². The molecule has 0 aromatic heterocycles. The van der Waals surface area contributed by atoms with E-state index in [1.54, 1.807) is 0 Å². The summed E-state index contributed by atoms with van der Waals surface area (Å²) in [7, 11) is 0. The molecule has 1 aromatic rings. The van der Waals surface area contributed by atoms with Crippen molar-refractivity contribution >= 4 is 0 Å². The molecule has 0 spiro atoms. The van der Waals surface area contributed by atoms with Gasteiger partial charge in [0.1, 0.15) is 5.82 Å². The Morgan fingerprint density at radius 1 is 1.29 bits per heavy atom. The standard InChI is InChI=1S/C17H23FN2O/c1-16(2)5-7-17(21,8-6-16)12-20-11-14-9-15(18)4-3-13(14)10-19/h3-4,9,20-21H,5-8,11-12H2,1-2H3. The third-order valence-corrected chi connectivity index (χ3v) is 4.49. The lowest BCUT2D eigenvalue weighted by Gasteiger charge is -2.40. The molecule has 114 valence electrons. The Morgan fingerprint density at radius 3 is 2.57 bits per heavy atom. The lowest BCUT2D eigenvalue weighted by atomic mass is 9.71. The number of benzene rings is 1. The van der Waals surface area contributed by atoms with Crippen molar-refractivity contribution < 1.29 is 9.50 Å². The van der Waals surface area contributed by atoms with Crippen molar-refractivity contribution in [3.8, 4) is 6.07 Å². The second-order valence-electron chi connectivity index (χ2n) is 6.91. The van der Waals surface area contributed by atoms with E-state index < -0.39 is 5.60 Å². The van der Waals surface area contributed by atoms with Gasteiger partial charge in [0.25, 0.3) is 0 Å². The third-order valence-electron chi connectivity index (χ3n) is 4.49. The maximum atomic E-state index is 13.2. The summed E-state index contributed by atoms with van der Waals surface area (Å²) in [5.74, 6) is -0.344. The molecular weight excluding hydrogens is 267 g/mol. The average Bonchev–Trinajstić information content (AvgIpc) is 2.43. The van der Waals surface area contributed by atoms with Crippen LogP contribution in [-0.4, -0.2) is 17.3 Å². The first kappa shape index (κ1) is 15.9. The van der Waals surface area contributed by atoms with Crippen molar-refractivity contribution in [3.05, 3.63) is 35.1 Å². The van der Waals surface area contributed by atoms with E-state index in [4.69, 9.17) is 5.26 Å². The number of nitrogens with one attached hydrogen (secondary N) is 1. The Bertz CT molecular complexity index is 538. The van der Waals surface area contributed by atoms with Crippen LogP contribution in [-0.2, 0) is 6.54 Å². The number of hydrogen-bond donors (Lipinski definition) is 2. The molecule has 1 saturated carbocycles. The van der Waals surface area contributed by atoms with E-state index in [9.17, 15) is 9.50 Å². The highest BCUT2D eigenvalue weighted by Crippen LogP contribution is 2.39. The molecule has 0 radical (unpaired) electrons. The molecule has 1 aliphatic rings. The Hall–Kier alpha value is -1.44. The van der Waals surface area contributed by atoms with E-state index in [0.717, 1.165) is 25.7 Å². The van der Waals surface area contributed by atoms with Gasteiger partial charge in [0.2, 0.25) is 0 Å². The largest absolute Gasteiger partial charge is 0.389 e. The molecule has 0 amide bonds. The van der Waals surface area contributed by atoms with Gasteiger partial charge in [-0.25, -0.2) is 4.39 Å². The van der Waals surface area contributed by atoms with Crippen LogP contribution in [0.4, 0.5) is 4.39 Å². The predicted octanol–water partition coefficient (Wildman–Crippen LogP) is 3.12. The summed E-state index contributed by atoms with van der Waals surface area (Å²) in [6, 6.07) is 6.22. The summed E-state index contributed by atoms with van der Waals surface area (Å²) in [6.45, 7) is 5.33. The summed E-state index contributed by atoms with van der Waals surface area (Å²) in [6.07, 6.45) is 3.58. The SMILES string of the molecule is CC1(C)CCC(O)(CNCc2cc(F)ccc2C#N)CC1. The van der Waals surface area contributed by atoms with Crippen molar-refractivity contribution in [2.45, 2.75) is 51.7 Å². The lowest BCUT2D eigenvalue weighted by molar-refractivity contribution is -0.0245. The summed E-state index contributed by atoms with van der Waals surface area (Å²) in [5, 5.41) is 22.8. The van der Waals surface area contributed by atoms with E-state index in [2.05, 4.69) is 25.2 Å². The number of halogens is 1. The first-order chi connectivity index (χ1) is 9.84. The highest BCUT2D eigenvalue weighted by molar-refractivity contribution is 5.37. The minimum atomic E-state index is -0.685. The zero-order valence-corrected chi connectivity index (χ0v) is 12.7. The van der Waals surface area contributed by atoms with Crippen molar-refractivity contribution in [2.24, 2.45) is 5.41 Å². The van der Waals surface area contributed by atoms with E-state index in [-0.39, 0.29) is 5.82 Å². The molecule has 0 aliphatic heterocycles. The van der Waals surface area contributed by atoms with Crippen molar-refractivity contribution in [2.75, 3.05) is 6.54 Å². The van der Waals surface area contributed by atoms with Gasteiger partial charge in [0.15, 0.2) is 0 Å². The first-order valence-corrected chi connectivity index (χ1v) is 7.45. The molecule has 1 fully saturated rings. The molecule has 2 N–H and O–H groups in total. The van der Waals surface area contributed by atoms with Gasteiger partial charge >= 0.3 is 0 Å². The fourth-order valence-corrected chi connectivity index (χ4v) is 2.82. The predicted molar refractivity (Wildman–Crippen MR) is 80.0 cm³/mol. The summed E-state index contributed by atoms with van der Waals surface area (Å²) >= 11 is 0. The summed E-state index contributed by atoms with van der Waals surface area (Å²) in [5.41, 5.74) is 0.733. The Labute approximate surface area is 125 Å². The van der Waals surface area contributed by atoms with Gasteiger partial charge < -0.3 is 10.4 Å². The molecule has 0 atom stereocenters. The fourth-order valence-electron chi connectivity index (χ4n) is 2.82. The van der Waals surface area contributed by atoms with Crippen LogP contribution in [0.1, 0.15) is 50.7 Å². The molecule has 1 aliphatic carbocycles. The fraction of sp³-hybridized carbons (Fsp3) is 0.588. The van der Waals surface area contributed by atoms with E-state index in [0.29, 0.717) is 29.6 Å². The molecule has 1 aromatic carbocycles. The number of hydrogen-bond acceptors (Lipinski definition) is 3. The number of aliphatic hydroxyl groups is 1. The van der Waals surface area contributed by atoms with Crippen molar-refractivity contribution in [1.82, 2.24) is 5.32 Å². The smallest absolute Gasteiger partial charge is 0.123 e. The monoisotopic (exact) mass is 290 g/mol. The second kappa shape index (κ2) is 6.13. The molecule has 3 nitrogen and oxygen atoms in total. The van der Waals surface area contributed by atoms with Gasteiger partial charge in [0, 0.05) is 13.1 Å². The van der Waals surface area contributed by atoms with Gasteiger partial charge in [-0.3, -0.25) is 0 Å². The Balaban J connectivity index is 1.90. The van der Waals surface area contributed by atoms with Crippen LogP contribution in [0.25, 0.3) is 0 Å². The zero-order chi connectivity index (χ0) is 15.5. The molecule has 0 heterocycles. The topological polar surface area (TPSA) is 56.0 Å². The molecule has 0 saturated heterocycles. The summed E-state index contributed by atoms with van der Waals surface area (Å²) < 4.78 is 13.2. The zero-order valence-electron chi connectivity index (χ0n) is 12.7. The summed E-state index contributed by atoms with van der Waals surface area (Å²) in [4.78, 5) is 0. The van der Waals surface area contributed by atoms with Gasteiger partial charge in [-0.05, 0) is 54.9 Å². The Kier molecular flexibility index (Phi) is 4.65. The molecule has 2 rings (SSSR count). The van der Waals surface area contributed by atoms with E-state index >= 15 is 0 Å². The minimum Gasteiger partial charge on any atom is -0.389 e. The molecule has 21 heavy (non-hydrogen) atoms. The van der Waals surface area contributed by atoms with Gasteiger partial charge in [-0.2, -0.15) is 5.26 Å².